The van der Waals surface area contributed by atoms with Gasteiger partial charge >= 0.3 is 0 Å². The lowest BCUT2D eigenvalue weighted by molar-refractivity contribution is 0.362. The molecule has 0 spiro atoms. The van der Waals surface area contributed by atoms with E-state index in [-0.39, 0.29) is 6.04 Å². The molecule has 0 unspecified atom stereocenters. The van der Waals surface area contributed by atoms with E-state index in [1.54, 1.807) is 0 Å². The number of nitrogens with one attached hydrogen (secondary N) is 1. The number of thiocarbonyl (C=S) groups is 1. The molecule has 0 aliphatic rings. The lowest BCUT2D eigenvalue weighted by Gasteiger charge is -2.29. The molecule has 0 radical (unpaired) electrons. The van der Waals surface area contributed by atoms with Gasteiger partial charge in [0.2, 0.25) is 0 Å². The van der Waals surface area contributed by atoms with Crippen molar-refractivity contribution < 1.29 is 0 Å². The summed E-state index contributed by atoms with van der Waals surface area (Å²) in [5, 5.41) is 12.6. The molecule has 0 amide bonds. The minimum atomic E-state index is 0.278. The van der Waals surface area contributed by atoms with Crippen LogP contribution in [0.2, 0.25) is 0 Å². The second-order valence-electron chi connectivity index (χ2n) is 4.92. The van der Waals surface area contributed by atoms with Gasteiger partial charge in [-0.3, -0.25) is 0 Å². The molecule has 1 rings (SSSR count). The summed E-state index contributed by atoms with van der Waals surface area (Å²) in [4.78, 5) is 2.04. The van der Waals surface area contributed by atoms with Crippen molar-refractivity contribution in [3.63, 3.8) is 0 Å². The van der Waals surface area contributed by atoms with E-state index in [4.69, 9.17) is 17.5 Å². The Morgan fingerprint density at radius 1 is 1.37 bits per heavy atom. The van der Waals surface area contributed by atoms with E-state index < -0.39 is 0 Å². The molecule has 0 fully saturated rings. The monoisotopic (exact) mass is 275 g/mol. The van der Waals surface area contributed by atoms with Crippen molar-refractivity contribution in [1.29, 1.82) is 5.26 Å². The second-order valence-corrected chi connectivity index (χ2v) is 5.31. The van der Waals surface area contributed by atoms with Gasteiger partial charge in [0.1, 0.15) is 0 Å². The van der Waals surface area contributed by atoms with Gasteiger partial charge in [-0.2, -0.15) is 5.26 Å². The summed E-state index contributed by atoms with van der Waals surface area (Å²) < 4.78 is 0. The average molecular weight is 275 g/mol. The number of hydrogen-bond donors (Lipinski definition) is 1. The number of nitrogens with zero attached hydrogens (tertiary/aromatic N) is 2. The Labute approximate surface area is 121 Å². The molecule has 0 bridgehead atoms. The van der Waals surface area contributed by atoms with E-state index >= 15 is 0 Å². The summed E-state index contributed by atoms with van der Waals surface area (Å²) >= 11 is 5.43. The standard InChI is InChI=1S/C15H21N3S/c1-11(2)18(9-5-8-16)15(19)17-14-7-6-12(3)13(4)10-14/h6-7,10-11H,5,9H2,1-4H3,(H,17,19). The van der Waals surface area contributed by atoms with Crippen LogP contribution in [0.1, 0.15) is 31.4 Å². The van der Waals surface area contributed by atoms with Gasteiger partial charge in [0.15, 0.2) is 5.11 Å². The normalized spacial score (nSPS) is 10.1. The number of aryl methyl sites for hydroxylation is 2. The van der Waals surface area contributed by atoms with E-state index in [1.165, 1.54) is 11.1 Å². The Morgan fingerprint density at radius 2 is 2.05 bits per heavy atom. The third kappa shape index (κ3) is 4.53. The third-order valence-corrected chi connectivity index (χ3v) is 3.44. The molecule has 0 aliphatic carbocycles. The number of rotatable bonds is 4. The van der Waals surface area contributed by atoms with Gasteiger partial charge in [0, 0.05) is 18.3 Å². The molecule has 1 aromatic rings. The zero-order chi connectivity index (χ0) is 14.4. The van der Waals surface area contributed by atoms with Crippen LogP contribution in [0.25, 0.3) is 0 Å². The van der Waals surface area contributed by atoms with Crippen molar-refractivity contribution in [3.05, 3.63) is 29.3 Å². The van der Waals surface area contributed by atoms with Gasteiger partial charge in [0.05, 0.1) is 12.5 Å². The molecule has 0 saturated carbocycles. The SMILES string of the molecule is Cc1ccc(NC(=S)N(CCC#N)C(C)C)cc1C. The zero-order valence-electron chi connectivity index (χ0n) is 12.0. The first-order chi connectivity index (χ1) is 8.95. The fourth-order valence-electron chi connectivity index (χ4n) is 1.78. The fourth-order valence-corrected chi connectivity index (χ4v) is 2.20. The van der Waals surface area contributed by atoms with Gasteiger partial charge in [-0.15, -0.1) is 0 Å². The van der Waals surface area contributed by atoms with Crippen molar-refractivity contribution in [3.8, 4) is 6.07 Å². The summed E-state index contributed by atoms with van der Waals surface area (Å²) in [5.41, 5.74) is 3.50. The second kappa shape index (κ2) is 7.10. The van der Waals surface area contributed by atoms with Gasteiger partial charge in [-0.25, -0.2) is 0 Å². The molecule has 102 valence electrons. The topological polar surface area (TPSA) is 39.1 Å². The van der Waals surface area contributed by atoms with Crippen LogP contribution in [0.15, 0.2) is 18.2 Å². The number of nitriles is 1. The number of anilines is 1. The largest absolute Gasteiger partial charge is 0.346 e. The van der Waals surface area contributed by atoms with Crippen LogP contribution >= 0.6 is 12.2 Å². The Kier molecular flexibility index (Phi) is 5.78. The Balaban J connectivity index is 2.75. The van der Waals surface area contributed by atoms with E-state index in [0.717, 1.165) is 5.69 Å². The molecule has 0 atom stereocenters. The minimum Gasteiger partial charge on any atom is -0.346 e. The van der Waals surface area contributed by atoms with E-state index in [2.05, 4.69) is 51.2 Å². The van der Waals surface area contributed by atoms with Crippen LogP contribution in [0, 0.1) is 25.2 Å². The summed E-state index contributed by atoms with van der Waals surface area (Å²) in [6, 6.07) is 8.63. The van der Waals surface area contributed by atoms with Crippen LogP contribution in [0.4, 0.5) is 5.69 Å². The van der Waals surface area contributed by atoms with Crippen molar-refractivity contribution in [2.24, 2.45) is 0 Å². The van der Waals surface area contributed by atoms with Gasteiger partial charge in [-0.1, -0.05) is 6.07 Å². The smallest absolute Gasteiger partial charge is 0.173 e. The first-order valence-corrected chi connectivity index (χ1v) is 6.88. The Morgan fingerprint density at radius 3 is 2.58 bits per heavy atom. The van der Waals surface area contributed by atoms with Crippen LogP contribution in [0.5, 0.6) is 0 Å². The molecule has 0 saturated heterocycles. The van der Waals surface area contributed by atoms with Gasteiger partial charge in [0.25, 0.3) is 0 Å². The summed E-state index contributed by atoms with van der Waals surface area (Å²) in [6.07, 6.45) is 0.479. The van der Waals surface area contributed by atoms with Crippen molar-refractivity contribution >= 4 is 23.0 Å². The molecular formula is C15H21N3S. The highest BCUT2D eigenvalue weighted by molar-refractivity contribution is 7.80. The van der Waals surface area contributed by atoms with Crippen LogP contribution < -0.4 is 5.32 Å². The van der Waals surface area contributed by atoms with Gasteiger partial charge in [-0.05, 0) is 63.2 Å². The molecule has 4 heteroatoms. The van der Waals surface area contributed by atoms with E-state index in [9.17, 15) is 0 Å². The highest BCUT2D eigenvalue weighted by Gasteiger charge is 2.13. The Bertz CT molecular complexity index is 489. The summed E-state index contributed by atoms with van der Waals surface area (Å²) in [6.45, 7) is 8.98. The third-order valence-electron chi connectivity index (χ3n) is 3.11. The summed E-state index contributed by atoms with van der Waals surface area (Å²) in [5.74, 6) is 0. The van der Waals surface area contributed by atoms with E-state index in [1.807, 2.05) is 11.0 Å². The van der Waals surface area contributed by atoms with E-state index in [0.29, 0.717) is 18.1 Å². The van der Waals surface area contributed by atoms with Crippen LogP contribution in [-0.2, 0) is 0 Å². The minimum absolute atomic E-state index is 0.278. The quantitative estimate of drug-likeness (QED) is 0.852. The van der Waals surface area contributed by atoms with Crippen LogP contribution in [0.3, 0.4) is 0 Å². The number of hydrogen-bond acceptors (Lipinski definition) is 2. The van der Waals surface area contributed by atoms with Crippen molar-refractivity contribution in [1.82, 2.24) is 4.90 Å². The molecule has 0 aliphatic heterocycles. The van der Waals surface area contributed by atoms with Crippen molar-refractivity contribution in [2.45, 2.75) is 40.2 Å². The summed E-state index contributed by atoms with van der Waals surface area (Å²) in [7, 11) is 0. The zero-order valence-corrected chi connectivity index (χ0v) is 12.8. The molecular weight excluding hydrogens is 254 g/mol. The maximum absolute atomic E-state index is 8.70. The highest BCUT2D eigenvalue weighted by Crippen LogP contribution is 2.15. The first-order valence-electron chi connectivity index (χ1n) is 6.47. The van der Waals surface area contributed by atoms with Crippen molar-refractivity contribution in [2.75, 3.05) is 11.9 Å². The molecule has 3 nitrogen and oxygen atoms in total. The Hall–Kier alpha value is -1.60. The lowest BCUT2D eigenvalue weighted by atomic mass is 10.1. The maximum atomic E-state index is 8.70. The van der Waals surface area contributed by atoms with Gasteiger partial charge < -0.3 is 10.2 Å². The number of benzene rings is 1. The average Bonchev–Trinajstić information content (AvgIpc) is 2.34. The van der Waals surface area contributed by atoms with Crippen LogP contribution in [-0.4, -0.2) is 22.6 Å². The molecule has 1 N–H and O–H groups in total. The lowest BCUT2D eigenvalue weighted by Crippen LogP contribution is -2.40. The maximum Gasteiger partial charge on any atom is 0.173 e. The predicted molar refractivity (Wildman–Crippen MR) is 84.2 cm³/mol. The predicted octanol–water partition coefficient (Wildman–Crippen LogP) is 3.62. The molecule has 0 aromatic heterocycles. The molecule has 0 heterocycles. The first kappa shape index (κ1) is 15.5. The highest BCUT2D eigenvalue weighted by atomic mass is 32.1. The molecule has 1 aromatic carbocycles. The fraction of sp³-hybridized carbons (Fsp3) is 0.467. The molecule has 19 heavy (non-hydrogen) atoms.